The van der Waals surface area contributed by atoms with Gasteiger partial charge in [0.25, 0.3) is 0 Å². The highest BCUT2D eigenvalue weighted by molar-refractivity contribution is 5.49. The van der Waals surface area contributed by atoms with Crippen LogP contribution in [0.1, 0.15) is 12.0 Å². The molecule has 0 spiro atoms. The summed E-state index contributed by atoms with van der Waals surface area (Å²) in [4.78, 5) is 0. The summed E-state index contributed by atoms with van der Waals surface area (Å²) in [6, 6.07) is 3.12. The van der Waals surface area contributed by atoms with E-state index in [0.717, 1.165) is 18.4 Å². The van der Waals surface area contributed by atoms with Gasteiger partial charge in [0.15, 0.2) is 11.6 Å². The smallest absolute Gasteiger partial charge is 0.231 e. The van der Waals surface area contributed by atoms with E-state index >= 15 is 0 Å². The topological polar surface area (TPSA) is 44.5 Å². The molecule has 0 aromatic heterocycles. The third-order valence-electron chi connectivity index (χ3n) is 2.20. The number of halogens is 1. The van der Waals surface area contributed by atoms with Crippen molar-refractivity contribution in [3.63, 3.8) is 0 Å². The van der Waals surface area contributed by atoms with Gasteiger partial charge in [0.05, 0.1) is 0 Å². The lowest BCUT2D eigenvalue weighted by molar-refractivity contribution is 0.170. The number of fused-ring (bicyclic) bond motifs is 1. The summed E-state index contributed by atoms with van der Waals surface area (Å²) in [7, 11) is 0. The Morgan fingerprint density at radius 3 is 2.86 bits per heavy atom. The van der Waals surface area contributed by atoms with Crippen molar-refractivity contribution in [2.75, 3.05) is 13.3 Å². The van der Waals surface area contributed by atoms with Gasteiger partial charge >= 0.3 is 0 Å². The lowest BCUT2D eigenvalue weighted by Crippen LogP contribution is -2.01. The summed E-state index contributed by atoms with van der Waals surface area (Å²) >= 11 is 0. The molecule has 0 atom stereocenters. The first-order valence-corrected chi connectivity index (χ1v) is 4.60. The number of ether oxygens (including phenoxy) is 2. The van der Waals surface area contributed by atoms with E-state index in [1.165, 1.54) is 6.07 Å². The van der Waals surface area contributed by atoms with Crippen molar-refractivity contribution in [2.24, 2.45) is 5.73 Å². The highest BCUT2D eigenvalue weighted by Crippen LogP contribution is 2.38. The van der Waals surface area contributed by atoms with Crippen LogP contribution in [0.3, 0.4) is 0 Å². The Morgan fingerprint density at radius 2 is 2.07 bits per heavy atom. The predicted molar refractivity (Wildman–Crippen MR) is 49.9 cm³/mol. The van der Waals surface area contributed by atoms with Crippen LogP contribution in [0.15, 0.2) is 12.1 Å². The van der Waals surface area contributed by atoms with E-state index in [0.29, 0.717) is 12.3 Å². The first kappa shape index (κ1) is 9.27. The zero-order chi connectivity index (χ0) is 9.97. The highest BCUT2D eigenvalue weighted by atomic mass is 19.1. The fourth-order valence-electron chi connectivity index (χ4n) is 1.51. The molecule has 76 valence electrons. The summed E-state index contributed by atoms with van der Waals surface area (Å²) in [5.74, 6) is 0.409. The molecule has 2 rings (SSSR count). The maximum atomic E-state index is 13.2. The molecular weight excluding hydrogens is 185 g/mol. The van der Waals surface area contributed by atoms with E-state index < -0.39 is 0 Å². The van der Waals surface area contributed by atoms with Crippen LogP contribution in [0.25, 0.3) is 0 Å². The van der Waals surface area contributed by atoms with Gasteiger partial charge in [0.1, 0.15) is 0 Å². The van der Waals surface area contributed by atoms with E-state index in [1.54, 1.807) is 6.07 Å². The molecule has 1 heterocycles. The van der Waals surface area contributed by atoms with Crippen molar-refractivity contribution in [1.82, 2.24) is 0 Å². The molecule has 1 aliphatic rings. The van der Waals surface area contributed by atoms with Gasteiger partial charge in [-0.25, -0.2) is 4.39 Å². The summed E-state index contributed by atoms with van der Waals surface area (Å²) < 4.78 is 23.4. The molecule has 0 aliphatic carbocycles. The second-order valence-electron chi connectivity index (χ2n) is 3.16. The second kappa shape index (κ2) is 3.84. The summed E-state index contributed by atoms with van der Waals surface area (Å²) in [6.07, 6.45) is 1.66. The number of rotatable bonds is 3. The molecule has 1 aromatic rings. The normalized spacial score (nSPS) is 13.3. The van der Waals surface area contributed by atoms with Gasteiger partial charge in [-0.2, -0.15) is 0 Å². The van der Waals surface area contributed by atoms with Crippen LogP contribution in [0, 0.1) is 5.82 Å². The standard InChI is InChI=1S/C10H12FNO2/c11-8-4-3-7(2-1-5-12)9-10(8)14-6-13-9/h3-4H,1-2,5-6,12H2. The molecule has 14 heavy (non-hydrogen) atoms. The molecule has 0 unspecified atom stereocenters. The van der Waals surface area contributed by atoms with Crippen LogP contribution < -0.4 is 15.2 Å². The maximum Gasteiger partial charge on any atom is 0.231 e. The predicted octanol–water partition coefficient (Wildman–Crippen LogP) is 1.45. The minimum absolute atomic E-state index is 0.103. The zero-order valence-electron chi connectivity index (χ0n) is 7.75. The number of aryl methyl sites for hydroxylation is 1. The number of benzene rings is 1. The Labute approximate surface area is 81.6 Å². The molecule has 0 saturated carbocycles. The van der Waals surface area contributed by atoms with Gasteiger partial charge in [-0.3, -0.25) is 0 Å². The Kier molecular flexibility index (Phi) is 2.54. The molecule has 0 amide bonds. The Morgan fingerprint density at radius 1 is 1.29 bits per heavy atom. The van der Waals surface area contributed by atoms with Crippen molar-refractivity contribution in [3.8, 4) is 11.5 Å². The number of nitrogens with two attached hydrogens (primary N) is 1. The molecule has 1 aromatic carbocycles. The Bertz CT molecular complexity index is 341. The summed E-state index contributed by atoms with van der Waals surface area (Å²) in [5, 5.41) is 0. The first-order chi connectivity index (χ1) is 6.83. The Balaban J connectivity index is 2.29. The lowest BCUT2D eigenvalue weighted by Gasteiger charge is -2.04. The van der Waals surface area contributed by atoms with Gasteiger partial charge in [-0.1, -0.05) is 6.07 Å². The van der Waals surface area contributed by atoms with Crippen molar-refractivity contribution in [2.45, 2.75) is 12.8 Å². The molecule has 1 aliphatic heterocycles. The average molecular weight is 197 g/mol. The highest BCUT2D eigenvalue weighted by Gasteiger charge is 2.21. The third-order valence-corrected chi connectivity index (χ3v) is 2.20. The van der Waals surface area contributed by atoms with Crippen molar-refractivity contribution in [1.29, 1.82) is 0 Å². The van der Waals surface area contributed by atoms with Crippen molar-refractivity contribution in [3.05, 3.63) is 23.5 Å². The van der Waals surface area contributed by atoms with Gasteiger partial charge in [0, 0.05) is 0 Å². The largest absolute Gasteiger partial charge is 0.453 e. The van der Waals surface area contributed by atoms with Crippen LogP contribution in [-0.4, -0.2) is 13.3 Å². The minimum atomic E-state index is -0.367. The Hall–Kier alpha value is -1.29. The molecular formula is C10H12FNO2. The molecule has 2 N–H and O–H groups in total. The van der Waals surface area contributed by atoms with Crippen molar-refractivity contribution < 1.29 is 13.9 Å². The second-order valence-corrected chi connectivity index (χ2v) is 3.16. The van der Waals surface area contributed by atoms with Crippen LogP contribution in [0.2, 0.25) is 0 Å². The summed E-state index contributed by atoms with van der Waals surface area (Å²) in [6.45, 7) is 0.721. The quantitative estimate of drug-likeness (QED) is 0.797. The molecule has 3 nitrogen and oxygen atoms in total. The lowest BCUT2D eigenvalue weighted by atomic mass is 10.1. The minimum Gasteiger partial charge on any atom is -0.453 e. The SMILES string of the molecule is NCCCc1ccc(F)c2c1OCO2. The molecule has 4 heteroatoms. The number of hydrogen-bond acceptors (Lipinski definition) is 3. The molecule has 0 fully saturated rings. The van der Waals surface area contributed by atoms with E-state index in [1.807, 2.05) is 0 Å². The third kappa shape index (κ3) is 1.53. The number of hydrogen-bond donors (Lipinski definition) is 1. The molecule has 0 radical (unpaired) electrons. The fraction of sp³-hybridized carbons (Fsp3) is 0.400. The monoisotopic (exact) mass is 197 g/mol. The molecule has 0 saturated heterocycles. The van der Waals surface area contributed by atoms with E-state index in [2.05, 4.69) is 0 Å². The fourth-order valence-corrected chi connectivity index (χ4v) is 1.51. The van der Waals surface area contributed by atoms with Gasteiger partial charge in [0.2, 0.25) is 12.5 Å². The van der Waals surface area contributed by atoms with Crippen LogP contribution in [0.5, 0.6) is 11.5 Å². The first-order valence-electron chi connectivity index (χ1n) is 4.60. The average Bonchev–Trinajstić information content (AvgIpc) is 2.66. The van der Waals surface area contributed by atoms with Gasteiger partial charge in [-0.05, 0) is 31.0 Å². The maximum absolute atomic E-state index is 13.2. The van der Waals surface area contributed by atoms with Gasteiger partial charge in [-0.15, -0.1) is 0 Å². The van der Waals surface area contributed by atoms with Gasteiger partial charge < -0.3 is 15.2 Å². The van der Waals surface area contributed by atoms with E-state index in [4.69, 9.17) is 15.2 Å². The van der Waals surface area contributed by atoms with E-state index in [-0.39, 0.29) is 18.4 Å². The van der Waals surface area contributed by atoms with Crippen LogP contribution in [0.4, 0.5) is 4.39 Å². The van der Waals surface area contributed by atoms with Crippen LogP contribution >= 0.6 is 0 Å². The van der Waals surface area contributed by atoms with E-state index in [9.17, 15) is 4.39 Å². The molecule has 0 bridgehead atoms. The zero-order valence-corrected chi connectivity index (χ0v) is 7.75. The van der Waals surface area contributed by atoms with Crippen molar-refractivity contribution >= 4 is 0 Å². The summed E-state index contributed by atoms with van der Waals surface area (Å²) in [5.41, 5.74) is 6.37. The van der Waals surface area contributed by atoms with Crippen LogP contribution in [-0.2, 0) is 6.42 Å².